The van der Waals surface area contributed by atoms with E-state index in [0.717, 1.165) is 19.3 Å². The molecule has 2 aliphatic carbocycles. The quantitative estimate of drug-likeness (QED) is 0.790. The van der Waals surface area contributed by atoms with Crippen molar-refractivity contribution in [3.8, 4) is 0 Å². The van der Waals surface area contributed by atoms with Crippen LogP contribution in [0, 0.1) is 5.41 Å². The lowest BCUT2D eigenvalue weighted by Crippen LogP contribution is -2.65. The van der Waals surface area contributed by atoms with E-state index < -0.39 is 11.1 Å². The molecule has 2 atom stereocenters. The van der Waals surface area contributed by atoms with Gasteiger partial charge in [-0.3, -0.25) is 14.4 Å². The maximum absolute atomic E-state index is 13.2. The van der Waals surface area contributed by atoms with Crippen molar-refractivity contribution >= 4 is 16.9 Å². The van der Waals surface area contributed by atoms with Gasteiger partial charge in [0.1, 0.15) is 0 Å². The van der Waals surface area contributed by atoms with Gasteiger partial charge in [-0.15, -0.1) is 0 Å². The molecule has 1 spiro atoms. The SMILES string of the molecule is CCO[C@H]1C[C@@H](N(C)C(=O)c2ccc3[nH]c(=O)c(=O)[nH]c3c2)C12CCCCC2. The summed E-state index contributed by atoms with van der Waals surface area (Å²) in [6.45, 7) is 2.73. The Morgan fingerprint density at radius 3 is 2.50 bits per heavy atom. The minimum atomic E-state index is -0.717. The van der Waals surface area contributed by atoms with E-state index in [1.54, 1.807) is 18.2 Å². The Kier molecular flexibility index (Phi) is 4.87. The van der Waals surface area contributed by atoms with Crippen LogP contribution in [0.3, 0.4) is 0 Å². The van der Waals surface area contributed by atoms with Crippen molar-refractivity contribution in [1.29, 1.82) is 0 Å². The fraction of sp³-hybridized carbons (Fsp3) is 0.571. The molecule has 0 radical (unpaired) electrons. The molecule has 1 amide bonds. The third kappa shape index (κ3) is 2.98. The van der Waals surface area contributed by atoms with E-state index in [4.69, 9.17) is 4.74 Å². The van der Waals surface area contributed by atoms with Crippen LogP contribution in [-0.2, 0) is 4.74 Å². The predicted molar refractivity (Wildman–Crippen MR) is 107 cm³/mol. The van der Waals surface area contributed by atoms with Gasteiger partial charge in [0.2, 0.25) is 0 Å². The molecule has 0 saturated heterocycles. The Morgan fingerprint density at radius 1 is 1.14 bits per heavy atom. The number of hydrogen-bond donors (Lipinski definition) is 2. The Balaban J connectivity index is 1.61. The highest BCUT2D eigenvalue weighted by molar-refractivity contribution is 5.97. The number of aromatic amines is 2. The number of carbonyl (C=O) groups excluding carboxylic acids is 1. The van der Waals surface area contributed by atoms with Crippen LogP contribution < -0.4 is 11.1 Å². The van der Waals surface area contributed by atoms with Gasteiger partial charge in [-0.05, 0) is 44.4 Å². The smallest absolute Gasteiger partial charge is 0.314 e. The van der Waals surface area contributed by atoms with Gasteiger partial charge in [0.15, 0.2) is 0 Å². The standard InChI is InChI=1S/C21H27N3O4/c1-3-28-17-12-16(21(17)9-5-4-6-10-21)24(2)20(27)13-7-8-14-15(11-13)23-19(26)18(25)22-14/h7-8,11,16-17H,3-6,9-10,12H2,1-2H3,(H,22,25)(H,23,26)/t16-,17+/m1/s1. The first-order valence-corrected chi connectivity index (χ1v) is 10.1. The van der Waals surface area contributed by atoms with E-state index in [1.165, 1.54) is 19.3 Å². The van der Waals surface area contributed by atoms with Crippen LogP contribution >= 0.6 is 0 Å². The average Bonchev–Trinajstić information content (AvgIpc) is 2.71. The molecule has 2 saturated carbocycles. The second kappa shape index (κ2) is 7.20. The van der Waals surface area contributed by atoms with Crippen molar-refractivity contribution in [3.05, 3.63) is 44.5 Å². The Hall–Kier alpha value is -2.41. The summed E-state index contributed by atoms with van der Waals surface area (Å²) in [6, 6.07) is 5.16. The molecule has 0 aliphatic heterocycles. The number of aromatic nitrogens is 2. The van der Waals surface area contributed by atoms with E-state index in [-0.39, 0.29) is 23.5 Å². The molecule has 2 fully saturated rings. The lowest BCUT2D eigenvalue weighted by atomic mass is 9.54. The van der Waals surface area contributed by atoms with Crippen LogP contribution in [0.5, 0.6) is 0 Å². The van der Waals surface area contributed by atoms with Gasteiger partial charge in [-0.25, -0.2) is 0 Å². The van der Waals surface area contributed by atoms with Gasteiger partial charge in [0, 0.05) is 30.7 Å². The molecule has 0 bridgehead atoms. The average molecular weight is 385 g/mol. The van der Waals surface area contributed by atoms with Gasteiger partial charge >= 0.3 is 11.1 Å². The summed E-state index contributed by atoms with van der Waals surface area (Å²) >= 11 is 0. The van der Waals surface area contributed by atoms with Crippen molar-refractivity contribution in [1.82, 2.24) is 14.9 Å². The molecule has 1 aromatic carbocycles. The molecule has 4 rings (SSSR count). The second-order valence-corrected chi connectivity index (χ2v) is 8.07. The molecule has 28 heavy (non-hydrogen) atoms. The molecule has 2 aromatic rings. The summed E-state index contributed by atoms with van der Waals surface area (Å²) in [6.07, 6.45) is 6.93. The van der Waals surface area contributed by atoms with Crippen LogP contribution in [0.25, 0.3) is 11.0 Å². The molecule has 1 aromatic heterocycles. The lowest BCUT2D eigenvalue weighted by molar-refractivity contribution is -0.170. The zero-order chi connectivity index (χ0) is 19.9. The lowest BCUT2D eigenvalue weighted by Gasteiger charge is -2.60. The van der Waals surface area contributed by atoms with E-state index in [0.29, 0.717) is 23.2 Å². The number of nitrogens with zero attached hydrogens (tertiary/aromatic N) is 1. The van der Waals surface area contributed by atoms with Crippen LogP contribution in [0.1, 0.15) is 55.8 Å². The Labute approximate surface area is 163 Å². The van der Waals surface area contributed by atoms with Gasteiger partial charge < -0.3 is 19.6 Å². The van der Waals surface area contributed by atoms with E-state index in [2.05, 4.69) is 9.97 Å². The number of benzene rings is 1. The summed E-state index contributed by atoms with van der Waals surface area (Å²) in [4.78, 5) is 43.2. The number of fused-ring (bicyclic) bond motifs is 1. The summed E-state index contributed by atoms with van der Waals surface area (Å²) in [5.74, 6) is -0.0705. The molecular formula is C21H27N3O4. The molecular weight excluding hydrogens is 358 g/mol. The fourth-order valence-electron chi connectivity index (χ4n) is 5.16. The van der Waals surface area contributed by atoms with E-state index in [1.807, 2.05) is 18.9 Å². The normalized spacial score (nSPS) is 23.5. The summed E-state index contributed by atoms with van der Waals surface area (Å²) in [7, 11) is 1.87. The first kappa shape index (κ1) is 18.9. The zero-order valence-corrected chi connectivity index (χ0v) is 16.4. The highest BCUT2D eigenvalue weighted by Crippen LogP contribution is 2.55. The van der Waals surface area contributed by atoms with Crippen molar-refractivity contribution in [2.24, 2.45) is 5.41 Å². The first-order valence-electron chi connectivity index (χ1n) is 10.1. The number of rotatable bonds is 4. The first-order chi connectivity index (χ1) is 13.5. The fourth-order valence-corrected chi connectivity index (χ4v) is 5.16. The van der Waals surface area contributed by atoms with Gasteiger partial charge in [0.05, 0.1) is 17.1 Å². The molecule has 150 valence electrons. The summed E-state index contributed by atoms with van der Waals surface area (Å²) in [5, 5.41) is 0. The summed E-state index contributed by atoms with van der Waals surface area (Å²) < 4.78 is 6.01. The molecule has 7 nitrogen and oxygen atoms in total. The molecule has 2 aliphatic rings. The maximum atomic E-state index is 13.2. The van der Waals surface area contributed by atoms with Crippen molar-refractivity contribution in [3.63, 3.8) is 0 Å². The molecule has 0 unspecified atom stereocenters. The number of nitrogens with one attached hydrogen (secondary N) is 2. The summed E-state index contributed by atoms with van der Waals surface area (Å²) in [5.41, 5.74) is 0.118. The zero-order valence-electron chi connectivity index (χ0n) is 16.4. The van der Waals surface area contributed by atoms with Crippen LogP contribution in [0.4, 0.5) is 0 Å². The van der Waals surface area contributed by atoms with Crippen molar-refractivity contribution in [2.75, 3.05) is 13.7 Å². The third-order valence-electron chi connectivity index (χ3n) is 6.65. The van der Waals surface area contributed by atoms with Gasteiger partial charge in [-0.1, -0.05) is 19.3 Å². The minimum absolute atomic E-state index is 0.0646. The monoisotopic (exact) mass is 385 g/mol. The highest BCUT2D eigenvalue weighted by atomic mass is 16.5. The van der Waals surface area contributed by atoms with Crippen LogP contribution in [-0.4, -0.2) is 46.6 Å². The Morgan fingerprint density at radius 2 is 1.82 bits per heavy atom. The van der Waals surface area contributed by atoms with Crippen LogP contribution in [0.15, 0.2) is 27.8 Å². The third-order valence-corrected chi connectivity index (χ3v) is 6.65. The van der Waals surface area contributed by atoms with E-state index in [9.17, 15) is 14.4 Å². The van der Waals surface area contributed by atoms with Gasteiger partial charge in [-0.2, -0.15) is 0 Å². The predicted octanol–water partition coefficient (Wildman–Crippen LogP) is 2.42. The largest absolute Gasteiger partial charge is 0.378 e. The second-order valence-electron chi connectivity index (χ2n) is 8.07. The number of hydrogen-bond acceptors (Lipinski definition) is 4. The molecule has 2 N–H and O–H groups in total. The number of amides is 1. The maximum Gasteiger partial charge on any atom is 0.314 e. The van der Waals surface area contributed by atoms with Gasteiger partial charge in [0.25, 0.3) is 5.91 Å². The van der Waals surface area contributed by atoms with Crippen molar-refractivity contribution in [2.45, 2.75) is 57.6 Å². The van der Waals surface area contributed by atoms with Crippen molar-refractivity contribution < 1.29 is 9.53 Å². The minimum Gasteiger partial charge on any atom is -0.378 e. The number of ether oxygens (including phenoxy) is 1. The number of H-pyrrole nitrogens is 2. The van der Waals surface area contributed by atoms with E-state index >= 15 is 0 Å². The van der Waals surface area contributed by atoms with Crippen LogP contribution in [0.2, 0.25) is 0 Å². The molecule has 1 heterocycles. The number of carbonyl (C=O) groups is 1. The molecule has 7 heteroatoms. The highest BCUT2D eigenvalue weighted by Gasteiger charge is 2.57. The topological polar surface area (TPSA) is 95.3 Å². The Bertz CT molecular complexity index is 1000.